The lowest BCUT2D eigenvalue weighted by Crippen LogP contribution is -2.56. The molecule has 0 bridgehead atoms. The molecule has 3 rings (SSSR count). The Morgan fingerprint density at radius 2 is 2.14 bits per heavy atom. The van der Waals surface area contributed by atoms with E-state index in [0.717, 1.165) is 19.4 Å². The van der Waals surface area contributed by atoms with Crippen molar-refractivity contribution in [2.24, 2.45) is 0 Å². The Hall–Kier alpha value is -1.89. The van der Waals surface area contributed by atoms with Gasteiger partial charge in [0.25, 0.3) is 11.6 Å². The van der Waals surface area contributed by atoms with Crippen LogP contribution in [0.3, 0.4) is 0 Å². The van der Waals surface area contributed by atoms with E-state index in [4.69, 9.17) is 0 Å². The van der Waals surface area contributed by atoms with Gasteiger partial charge in [-0.2, -0.15) is 0 Å². The van der Waals surface area contributed by atoms with E-state index in [0.29, 0.717) is 12.2 Å². The third-order valence-corrected chi connectivity index (χ3v) is 4.23. The molecule has 0 spiro atoms. The van der Waals surface area contributed by atoms with Gasteiger partial charge in [-0.3, -0.25) is 14.9 Å². The number of carbonyl (C=O) groups is 1. The second-order valence-electron chi connectivity index (χ2n) is 6.09. The molecule has 1 aromatic rings. The maximum absolute atomic E-state index is 12.8. The van der Waals surface area contributed by atoms with Gasteiger partial charge in [0.15, 0.2) is 0 Å². The van der Waals surface area contributed by atoms with E-state index in [1.807, 2.05) is 18.7 Å². The number of aromatic nitrogens is 1. The SMILES string of the molecule is CC1CN(C(=O)c2cc([N+](=O)[O-])cn2C2CC2)C(C)CN1. The van der Waals surface area contributed by atoms with Crippen molar-refractivity contribution in [2.75, 3.05) is 13.1 Å². The lowest BCUT2D eigenvalue weighted by Gasteiger charge is -2.37. The van der Waals surface area contributed by atoms with Crippen LogP contribution >= 0.6 is 0 Å². The molecule has 2 aliphatic rings. The number of nitro groups is 1. The van der Waals surface area contributed by atoms with Crippen LogP contribution in [0.5, 0.6) is 0 Å². The molecular weight excluding hydrogens is 272 g/mol. The van der Waals surface area contributed by atoms with Crippen molar-refractivity contribution in [3.8, 4) is 0 Å². The summed E-state index contributed by atoms with van der Waals surface area (Å²) in [5.74, 6) is -0.101. The fourth-order valence-electron chi connectivity index (χ4n) is 2.84. The molecule has 2 atom stereocenters. The predicted molar refractivity (Wildman–Crippen MR) is 77.3 cm³/mol. The second-order valence-corrected chi connectivity index (χ2v) is 6.09. The average molecular weight is 292 g/mol. The van der Waals surface area contributed by atoms with Crippen LogP contribution in [-0.2, 0) is 0 Å². The number of nitrogens with zero attached hydrogens (tertiary/aromatic N) is 3. The summed E-state index contributed by atoms with van der Waals surface area (Å²) >= 11 is 0. The number of nitrogens with one attached hydrogen (secondary N) is 1. The van der Waals surface area contributed by atoms with Gasteiger partial charge in [-0.25, -0.2) is 0 Å². The summed E-state index contributed by atoms with van der Waals surface area (Å²) in [6.07, 6.45) is 3.47. The third kappa shape index (κ3) is 2.65. The molecule has 1 saturated carbocycles. The molecule has 0 radical (unpaired) electrons. The highest BCUT2D eigenvalue weighted by molar-refractivity contribution is 5.94. The molecule has 21 heavy (non-hydrogen) atoms. The van der Waals surface area contributed by atoms with Gasteiger partial charge in [-0.1, -0.05) is 0 Å². The molecule has 114 valence electrons. The van der Waals surface area contributed by atoms with Gasteiger partial charge in [0.2, 0.25) is 0 Å². The number of amides is 1. The topological polar surface area (TPSA) is 80.4 Å². The van der Waals surface area contributed by atoms with Crippen LogP contribution in [0.15, 0.2) is 12.3 Å². The Kier molecular flexibility index (Phi) is 3.44. The standard InChI is InChI=1S/C14H20N4O3/c1-9-7-16(10(2)6-15-9)14(19)13-5-12(18(20)21)8-17(13)11-3-4-11/h5,8-11,15H,3-4,6-7H2,1-2H3. The summed E-state index contributed by atoms with van der Waals surface area (Å²) in [6.45, 7) is 5.41. The fourth-order valence-corrected chi connectivity index (χ4v) is 2.84. The molecule has 7 nitrogen and oxygen atoms in total. The maximum atomic E-state index is 12.8. The van der Waals surface area contributed by atoms with Crippen molar-refractivity contribution in [3.63, 3.8) is 0 Å². The smallest absolute Gasteiger partial charge is 0.287 e. The fraction of sp³-hybridized carbons (Fsp3) is 0.643. The van der Waals surface area contributed by atoms with E-state index < -0.39 is 4.92 Å². The number of rotatable bonds is 3. The molecule has 1 amide bonds. The summed E-state index contributed by atoms with van der Waals surface area (Å²) in [5.41, 5.74) is 0.450. The zero-order valence-electron chi connectivity index (χ0n) is 12.3. The van der Waals surface area contributed by atoms with E-state index in [1.165, 1.54) is 12.3 Å². The van der Waals surface area contributed by atoms with Gasteiger partial charge in [0.1, 0.15) is 5.69 Å². The third-order valence-electron chi connectivity index (χ3n) is 4.23. The van der Waals surface area contributed by atoms with E-state index in [-0.39, 0.29) is 29.7 Å². The second kappa shape index (κ2) is 5.14. The van der Waals surface area contributed by atoms with Crippen LogP contribution in [0.25, 0.3) is 0 Å². The molecule has 2 heterocycles. The normalized spacial score (nSPS) is 25.9. The van der Waals surface area contributed by atoms with Crippen LogP contribution in [0.2, 0.25) is 0 Å². The Morgan fingerprint density at radius 1 is 1.43 bits per heavy atom. The van der Waals surface area contributed by atoms with Gasteiger partial charge in [-0.15, -0.1) is 0 Å². The molecule has 1 aliphatic carbocycles. The van der Waals surface area contributed by atoms with Crippen LogP contribution in [0.1, 0.15) is 43.2 Å². The van der Waals surface area contributed by atoms with E-state index in [9.17, 15) is 14.9 Å². The Labute approximate surface area is 123 Å². The average Bonchev–Trinajstić information content (AvgIpc) is 3.19. The molecule has 1 aliphatic heterocycles. The maximum Gasteiger partial charge on any atom is 0.287 e. The van der Waals surface area contributed by atoms with Gasteiger partial charge >= 0.3 is 0 Å². The van der Waals surface area contributed by atoms with Crippen LogP contribution < -0.4 is 5.32 Å². The Balaban J connectivity index is 1.91. The van der Waals surface area contributed by atoms with E-state index in [1.54, 1.807) is 4.57 Å². The molecule has 2 unspecified atom stereocenters. The highest BCUT2D eigenvalue weighted by Crippen LogP contribution is 2.38. The minimum Gasteiger partial charge on any atom is -0.334 e. The van der Waals surface area contributed by atoms with Crippen LogP contribution in [0, 0.1) is 10.1 Å². The van der Waals surface area contributed by atoms with Gasteiger partial charge in [-0.05, 0) is 26.7 Å². The molecule has 0 aromatic carbocycles. The monoisotopic (exact) mass is 292 g/mol. The molecule has 1 N–H and O–H groups in total. The van der Waals surface area contributed by atoms with Crippen molar-refractivity contribution in [3.05, 3.63) is 28.1 Å². The first-order chi connectivity index (χ1) is 9.97. The Bertz CT molecular complexity index is 579. The summed E-state index contributed by atoms with van der Waals surface area (Å²) in [5, 5.41) is 14.3. The number of piperazine rings is 1. The molecular formula is C14H20N4O3. The quantitative estimate of drug-likeness (QED) is 0.677. The summed E-state index contributed by atoms with van der Waals surface area (Å²) in [6, 6.07) is 1.99. The summed E-state index contributed by atoms with van der Waals surface area (Å²) in [7, 11) is 0. The van der Waals surface area contributed by atoms with Gasteiger partial charge < -0.3 is 14.8 Å². The minimum absolute atomic E-state index is 0.00101. The van der Waals surface area contributed by atoms with E-state index in [2.05, 4.69) is 5.32 Å². The lowest BCUT2D eigenvalue weighted by atomic mass is 10.1. The van der Waals surface area contributed by atoms with Crippen molar-refractivity contribution >= 4 is 11.6 Å². The van der Waals surface area contributed by atoms with Crippen molar-refractivity contribution in [1.29, 1.82) is 0 Å². The largest absolute Gasteiger partial charge is 0.334 e. The van der Waals surface area contributed by atoms with Crippen molar-refractivity contribution < 1.29 is 9.72 Å². The minimum atomic E-state index is -0.431. The highest BCUT2D eigenvalue weighted by Gasteiger charge is 2.34. The number of carbonyl (C=O) groups excluding carboxylic acids is 1. The molecule has 7 heteroatoms. The zero-order valence-corrected chi connectivity index (χ0v) is 12.3. The predicted octanol–water partition coefficient (Wildman–Crippen LogP) is 1.55. The lowest BCUT2D eigenvalue weighted by molar-refractivity contribution is -0.384. The van der Waals surface area contributed by atoms with Gasteiger partial charge in [0.05, 0.1) is 11.1 Å². The van der Waals surface area contributed by atoms with Crippen molar-refractivity contribution in [2.45, 2.75) is 44.8 Å². The van der Waals surface area contributed by atoms with Crippen molar-refractivity contribution in [1.82, 2.24) is 14.8 Å². The highest BCUT2D eigenvalue weighted by atomic mass is 16.6. The molecule has 1 saturated heterocycles. The first-order valence-corrected chi connectivity index (χ1v) is 7.38. The van der Waals surface area contributed by atoms with Gasteiger partial charge in [0, 0.05) is 37.3 Å². The first-order valence-electron chi connectivity index (χ1n) is 7.38. The first kappa shape index (κ1) is 14.1. The Morgan fingerprint density at radius 3 is 2.76 bits per heavy atom. The summed E-state index contributed by atoms with van der Waals surface area (Å²) in [4.78, 5) is 25.2. The zero-order chi connectivity index (χ0) is 15.1. The summed E-state index contributed by atoms with van der Waals surface area (Å²) < 4.78 is 1.79. The number of hydrogen-bond donors (Lipinski definition) is 1. The molecule has 1 aromatic heterocycles. The number of hydrogen-bond acceptors (Lipinski definition) is 4. The molecule has 2 fully saturated rings. The van der Waals surface area contributed by atoms with E-state index >= 15 is 0 Å². The van der Waals surface area contributed by atoms with Crippen LogP contribution in [0.4, 0.5) is 5.69 Å². The van der Waals surface area contributed by atoms with Crippen LogP contribution in [-0.4, -0.2) is 45.5 Å².